The molecule has 2 fully saturated rings. The fraction of sp³-hybridized carbons (Fsp3) is 1.00. The maximum absolute atomic E-state index is 2.79. The Morgan fingerprint density at radius 3 is 1.95 bits per heavy atom. The highest BCUT2D eigenvalue weighted by molar-refractivity contribution is 4.85. The van der Waals surface area contributed by atoms with E-state index in [0.717, 1.165) is 23.9 Å². The summed E-state index contributed by atoms with van der Waals surface area (Å²) in [5.41, 5.74) is 0. The van der Waals surface area contributed by atoms with E-state index >= 15 is 0 Å². The van der Waals surface area contributed by atoms with Crippen LogP contribution in [0.5, 0.6) is 0 Å². The number of rotatable bonds is 3. The molecule has 2 aliphatic rings. The number of piperidine rings is 2. The summed E-state index contributed by atoms with van der Waals surface area (Å²) in [6.45, 7) is 18.8. The Morgan fingerprint density at radius 1 is 0.850 bits per heavy atom. The third kappa shape index (κ3) is 5.04. The van der Waals surface area contributed by atoms with Gasteiger partial charge in [-0.05, 0) is 71.0 Å². The molecule has 1 atom stereocenters. The van der Waals surface area contributed by atoms with Gasteiger partial charge in [0.15, 0.2) is 0 Å². The molecule has 0 aromatic heterocycles. The lowest BCUT2D eigenvalue weighted by molar-refractivity contribution is 0.0504. The maximum Gasteiger partial charge on any atom is 0.0223 e. The van der Waals surface area contributed by atoms with Crippen LogP contribution in [0.1, 0.15) is 67.2 Å². The minimum atomic E-state index is 0.723. The lowest BCUT2D eigenvalue weighted by Gasteiger charge is -2.44. The Hall–Kier alpha value is -0.0800. The van der Waals surface area contributed by atoms with Crippen LogP contribution >= 0.6 is 0 Å². The number of nitrogens with zero attached hydrogens (tertiary/aromatic N) is 2. The van der Waals surface area contributed by atoms with Crippen molar-refractivity contribution < 1.29 is 0 Å². The second-order valence-electron chi connectivity index (χ2n) is 7.00. The van der Waals surface area contributed by atoms with Gasteiger partial charge in [-0.3, -0.25) is 9.80 Å². The summed E-state index contributed by atoms with van der Waals surface area (Å²) in [6, 6.07) is 1.57. The van der Waals surface area contributed by atoms with Gasteiger partial charge in [0.2, 0.25) is 0 Å². The minimum Gasteiger partial charge on any atom is -0.299 e. The zero-order valence-corrected chi connectivity index (χ0v) is 14.9. The van der Waals surface area contributed by atoms with Crippen molar-refractivity contribution in [2.24, 2.45) is 11.8 Å². The number of hydrogen-bond donors (Lipinski definition) is 0. The molecule has 20 heavy (non-hydrogen) atoms. The Labute approximate surface area is 127 Å². The summed E-state index contributed by atoms with van der Waals surface area (Å²) < 4.78 is 0. The molecular weight excluding hydrogens is 244 g/mol. The molecular formula is C18H38N2. The molecule has 1 unspecified atom stereocenters. The zero-order valence-electron chi connectivity index (χ0n) is 14.9. The molecule has 0 N–H and O–H groups in total. The van der Waals surface area contributed by atoms with Crippen LogP contribution in [-0.4, -0.2) is 48.1 Å². The van der Waals surface area contributed by atoms with Crippen molar-refractivity contribution in [1.82, 2.24) is 9.80 Å². The van der Waals surface area contributed by atoms with Gasteiger partial charge in [0.25, 0.3) is 0 Å². The molecule has 120 valence electrons. The summed E-state index contributed by atoms with van der Waals surface area (Å²) >= 11 is 0. The van der Waals surface area contributed by atoms with Gasteiger partial charge in [0, 0.05) is 18.6 Å². The first kappa shape index (κ1) is 18.0. The highest BCUT2D eigenvalue weighted by atomic mass is 15.2. The topological polar surface area (TPSA) is 6.48 Å². The lowest BCUT2D eigenvalue weighted by atomic mass is 9.85. The van der Waals surface area contributed by atoms with Gasteiger partial charge in [-0.2, -0.15) is 0 Å². The summed E-state index contributed by atoms with van der Waals surface area (Å²) in [6.07, 6.45) is 5.67. The Morgan fingerprint density at radius 2 is 1.45 bits per heavy atom. The van der Waals surface area contributed by atoms with E-state index in [1.807, 2.05) is 13.8 Å². The summed E-state index contributed by atoms with van der Waals surface area (Å²) in [4.78, 5) is 5.45. The average Bonchev–Trinajstić information content (AvgIpc) is 2.49. The molecule has 0 aromatic rings. The fourth-order valence-electron chi connectivity index (χ4n) is 3.70. The molecule has 0 bridgehead atoms. The number of hydrogen-bond acceptors (Lipinski definition) is 2. The second kappa shape index (κ2) is 9.04. The third-order valence-electron chi connectivity index (χ3n) is 5.19. The molecule has 2 heterocycles. The van der Waals surface area contributed by atoms with Gasteiger partial charge in [0.05, 0.1) is 0 Å². The molecule has 0 aromatic carbocycles. The Kier molecular flexibility index (Phi) is 8.13. The van der Waals surface area contributed by atoms with Gasteiger partial charge in [-0.1, -0.05) is 27.7 Å². The smallest absolute Gasteiger partial charge is 0.0223 e. The highest BCUT2D eigenvalue weighted by Gasteiger charge is 2.30. The van der Waals surface area contributed by atoms with Crippen LogP contribution in [0.3, 0.4) is 0 Å². The molecule has 0 saturated carbocycles. The van der Waals surface area contributed by atoms with Crippen LogP contribution in [0.15, 0.2) is 0 Å². The summed E-state index contributed by atoms with van der Waals surface area (Å²) in [7, 11) is 0. The predicted molar refractivity (Wildman–Crippen MR) is 90.2 cm³/mol. The average molecular weight is 283 g/mol. The van der Waals surface area contributed by atoms with Crippen LogP contribution in [-0.2, 0) is 0 Å². The van der Waals surface area contributed by atoms with Crippen LogP contribution < -0.4 is 0 Å². The fourth-order valence-corrected chi connectivity index (χ4v) is 3.70. The minimum absolute atomic E-state index is 0.723. The van der Waals surface area contributed by atoms with Crippen molar-refractivity contribution in [3.8, 4) is 0 Å². The van der Waals surface area contributed by atoms with Crippen LogP contribution in [0, 0.1) is 11.8 Å². The largest absolute Gasteiger partial charge is 0.299 e. The molecule has 2 rings (SSSR count). The first-order chi connectivity index (χ1) is 9.58. The van der Waals surface area contributed by atoms with Gasteiger partial charge in [-0.15, -0.1) is 0 Å². The van der Waals surface area contributed by atoms with Crippen LogP contribution in [0.4, 0.5) is 0 Å². The SMILES string of the molecule is CC.CC(C)C1CCN(C2CCCN(C(C)C)C2)CC1. The van der Waals surface area contributed by atoms with Crippen molar-refractivity contribution in [2.75, 3.05) is 26.2 Å². The second-order valence-corrected chi connectivity index (χ2v) is 7.00. The highest BCUT2D eigenvalue weighted by Crippen LogP contribution is 2.27. The van der Waals surface area contributed by atoms with Crippen molar-refractivity contribution in [2.45, 2.75) is 79.3 Å². The molecule has 2 nitrogen and oxygen atoms in total. The van der Waals surface area contributed by atoms with Gasteiger partial charge >= 0.3 is 0 Å². The maximum atomic E-state index is 2.79. The quantitative estimate of drug-likeness (QED) is 0.763. The van der Waals surface area contributed by atoms with E-state index in [1.54, 1.807) is 0 Å². The molecule has 2 aliphatic heterocycles. The molecule has 0 spiro atoms. The summed E-state index contributed by atoms with van der Waals surface area (Å²) in [5, 5.41) is 0. The van der Waals surface area contributed by atoms with E-state index in [1.165, 1.54) is 51.9 Å². The summed E-state index contributed by atoms with van der Waals surface area (Å²) in [5.74, 6) is 1.86. The van der Waals surface area contributed by atoms with Crippen LogP contribution in [0.25, 0.3) is 0 Å². The molecule has 2 saturated heterocycles. The Balaban J connectivity index is 0.000000956. The van der Waals surface area contributed by atoms with E-state index in [4.69, 9.17) is 0 Å². The molecule has 0 radical (unpaired) electrons. The molecule has 0 aliphatic carbocycles. The van der Waals surface area contributed by atoms with E-state index in [2.05, 4.69) is 37.5 Å². The van der Waals surface area contributed by atoms with Gasteiger partial charge < -0.3 is 0 Å². The Bertz CT molecular complexity index is 242. The third-order valence-corrected chi connectivity index (χ3v) is 5.19. The monoisotopic (exact) mass is 282 g/mol. The van der Waals surface area contributed by atoms with Crippen molar-refractivity contribution in [3.05, 3.63) is 0 Å². The van der Waals surface area contributed by atoms with Crippen molar-refractivity contribution in [1.29, 1.82) is 0 Å². The van der Waals surface area contributed by atoms with E-state index < -0.39 is 0 Å². The van der Waals surface area contributed by atoms with Gasteiger partial charge in [-0.25, -0.2) is 0 Å². The van der Waals surface area contributed by atoms with Crippen LogP contribution in [0.2, 0.25) is 0 Å². The predicted octanol–water partition coefficient (Wildman–Crippen LogP) is 4.25. The normalized spacial score (nSPS) is 26.7. The van der Waals surface area contributed by atoms with Gasteiger partial charge in [0.1, 0.15) is 0 Å². The molecule has 2 heteroatoms. The van der Waals surface area contributed by atoms with E-state index in [-0.39, 0.29) is 0 Å². The first-order valence-electron chi connectivity index (χ1n) is 9.06. The van der Waals surface area contributed by atoms with Crippen molar-refractivity contribution in [3.63, 3.8) is 0 Å². The van der Waals surface area contributed by atoms with E-state index in [9.17, 15) is 0 Å². The first-order valence-corrected chi connectivity index (χ1v) is 9.06. The standard InChI is InChI=1S/C16H32N2.C2H6/c1-13(2)15-7-10-17(11-8-15)16-6-5-9-18(12-16)14(3)4;1-2/h13-16H,5-12H2,1-4H3;1-2H3. The number of likely N-dealkylation sites (tertiary alicyclic amines) is 2. The lowest BCUT2D eigenvalue weighted by Crippen LogP contribution is -2.52. The zero-order chi connectivity index (χ0) is 15.1. The van der Waals surface area contributed by atoms with Crippen molar-refractivity contribution >= 4 is 0 Å². The molecule has 0 amide bonds. The van der Waals surface area contributed by atoms with E-state index in [0.29, 0.717) is 0 Å².